The predicted octanol–water partition coefficient (Wildman–Crippen LogP) is 15.5. The molecule has 516 valence electrons. The maximum Gasteiger partial charge on any atom is 0.435 e. The summed E-state index contributed by atoms with van der Waals surface area (Å²) in [6, 6.07) is 46.5. The number of amides is 2. The van der Waals surface area contributed by atoms with Gasteiger partial charge in [0.15, 0.2) is 11.4 Å². The molecule has 2 heterocycles. The van der Waals surface area contributed by atoms with Crippen LogP contribution in [0, 0.1) is 13.8 Å². The van der Waals surface area contributed by atoms with Gasteiger partial charge < -0.3 is 20.1 Å². The van der Waals surface area contributed by atoms with Crippen LogP contribution in [-0.2, 0) is 59.6 Å². The lowest BCUT2D eigenvalue weighted by atomic mass is 10.1. The standard InChI is InChI=1S/C37H34F3N5O6S.C33H26F3N5O6S/c1-23-9-11-25(12-10-23)31-22-33(37(38,39)40)43-45(31)27-15-17-28(18-16-27)52(49,50)44-34(47)20-13-24-7-5-6-8-30(24)42-41-26-14-19-32(46)29(21-26)35(48)51-36(2,3)4;1-20-6-8-22(9-7-20)28-19-30(33(34,35)36)39-41(28)24-12-14-25(15-13-24)48(46,47)40-31(43)17-10-21-4-2-3-5-27(21)38-37-23-11-16-29(42)26(18-23)32(44)45/h5-12,14-19,21-22,46H,13,20H2,1-4H3,(H,44,47);2-9,11-16,18-19,42H,10,17H2,1H3,(H,40,43)(H,44,45). The van der Waals surface area contributed by atoms with Crippen molar-refractivity contribution in [3.63, 3.8) is 0 Å². The number of carboxylic acids is 1. The van der Waals surface area contributed by atoms with E-state index < -0.39 is 78.9 Å². The average molecular weight is 1410 g/mol. The number of azo groups is 2. The van der Waals surface area contributed by atoms with Crippen LogP contribution >= 0.6 is 0 Å². The zero-order valence-corrected chi connectivity index (χ0v) is 55.1. The van der Waals surface area contributed by atoms with Crippen molar-refractivity contribution >= 4 is 66.5 Å². The van der Waals surface area contributed by atoms with Gasteiger partial charge in [-0.25, -0.2) is 45.2 Å². The largest absolute Gasteiger partial charge is 0.507 e. The third kappa shape index (κ3) is 18.7. The minimum Gasteiger partial charge on any atom is -0.507 e. The van der Waals surface area contributed by atoms with Crippen molar-refractivity contribution < 1.29 is 82.4 Å². The minimum atomic E-state index is -4.71. The van der Waals surface area contributed by atoms with Crippen molar-refractivity contribution in [2.24, 2.45) is 20.5 Å². The molecule has 0 saturated carbocycles. The van der Waals surface area contributed by atoms with Gasteiger partial charge >= 0.3 is 24.3 Å². The molecule has 0 saturated heterocycles. The molecule has 30 heteroatoms. The van der Waals surface area contributed by atoms with Crippen LogP contribution in [0.3, 0.4) is 0 Å². The van der Waals surface area contributed by atoms with Crippen LogP contribution in [0.5, 0.6) is 11.5 Å². The molecule has 0 unspecified atom stereocenters. The van der Waals surface area contributed by atoms with Gasteiger partial charge in [-0.1, -0.05) is 96.1 Å². The fourth-order valence-corrected chi connectivity index (χ4v) is 11.6. The third-order valence-electron chi connectivity index (χ3n) is 14.6. The molecule has 0 atom stereocenters. The van der Waals surface area contributed by atoms with Gasteiger partial charge in [-0.15, -0.1) is 0 Å². The highest BCUT2D eigenvalue weighted by molar-refractivity contribution is 7.90. The van der Waals surface area contributed by atoms with E-state index in [0.29, 0.717) is 33.6 Å². The van der Waals surface area contributed by atoms with E-state index in [0.717, 1.165) is 50.8 Å². The molecule has 10 rings (SSSR count). The van der Waals surface area contributed by atoms with E-state index in [1.807, 2.05) is 23.3 Å². The molecule has 0 spiro atoms. The second kappa shape index (κ2) is 30.0. The molecule has 10 aromatic rings. The predicted molar refractivity (Wildman–Crippen MR) is 354 cm³/mol. The van der Waals surface area contributed by atoms with Crippen molar-refractivity contribution in [2.45, 2.75) is 88.0 Å². The van der Waals surface area contributed by atoms with Gasteiger partial charge in [-0.3, -0.25) is 9.59 Å². The van der Waals surface area contributed by atoms with Gasteiger partial charge in [-0.2, -0.15) is 57.0 Å². The van der Waals surface area contributed by atoms with Gasteiger partial charge in [0.1, 0.15) is 28.2 Å². The summed E-state index contributed by atoms with van der Waals surface area (Å²) in [5, 5.41) is 53.0. The van der Waals surface area contributed by atoms with Gasteiger partial charge in [0.25, 0.3) is 20.0 Å². The number of aromatic carboxylic acids is 1. The molecule has 0 radical (unpaired) electrons. The fourth-order valence-electron chi connectivity index (χ4n) is 9.54. The first-order valence-electron chi connectivity index (χ1n) is 30.0. The smallest absolute Gasteiger partial charge is 0.435 e. The van der Waals surface area contributed by atoms with Crippen molar-refractivity contribution in [1.29, 1.82) is 0 Å². The first-order chi connectivity index (χ1) is 47.1. The Hall–Kier alpha value is -11.7. The molecule has 22 nitrogen and oxygen atoms in total. The molecule has 5 N–H and O–H groups in total. The zero-order valence-electron chi connectivity index (χ0n) is 53.5. The number of hydrogen-bond donors (Lipinski definition) is 5. The lowest BCUT2D eigenvalue weighted by molar-refractivity contribution is -0.142. The van der Waals surface area contributed by atoms with Crippen LogP contribution in [0.2, 0.25) is 0 Å². The van der Waals surface area contributed by atoms with Gasteiger partial charge in [0, 0.05) is 24.0 Å². The number of nitrogens with zero attached hydrogens (tertiary/aromatic N) is 8. The highest BCUT2D eigenvalue weighted by Gasteiger charge is 2.37. The second-order valence-corrected chi connectivity index (χ2v) is 26.7. The molecule has 0 aliphatic heterocycles. The molecule has 0 fully saturated rings. The number of nitrogens with one attached hydrogen (secondary N) is 2. The average Bonchev–Trinajstić information content (AvgIpc) is 1.62. The van der Waals surface area contributed by atoms with E-state index >= 15 is 0 Å². The third-order valence-corrected chi connectivity index (χ3v) is 17.3. The quantitative estimate of drug-likeness (QED) is 0.0269. The molecule has 0 aliphatic rings. The highest BCUT2D eigenvalue weighted by Crippen LogP contribution is 2.37. The number of aromatic nitrogens is 4. The number of hydrogen-bond acceptors (Lipinski definition) is 17. The lowest BCUT2D eigenvalue weighted by Crippen LogP contribution is -2.30. The summed E-state index contributed by atoms with van der Waals surface area (Å²) < 4.78 is 145. The number of esters is 1. The fraction of sp³-hybridized carbons (Fsp3) is 0.171. The lowest BCUT2D eigenvalue weighted by Gasteiger charge is -2.19. The van der Waals surface area contributed by atoms with E-state index in [1.165, 1.54) is 66.7 Å². The maximum atomic E-state index is 13.6. The molecule has 100 heavy (non-hydrogen) atoms. The molecule has 2 amide bonds. The highest BCUT2D eigenvalue weighted by atomic mass is 32.2. The SMILES string of the molecule is Cc1ccc(-c2cc(C(F)(F)F)nn2-c2ccc(S(=O)(=O)NC(=O)CCc3ccccc3N=Nc3ccc(O)c(C(=O)O)c3)cc2)cc1.Cc1ccc(-c2cc(C(F)(F)F)nn2-c2ccc(S(=O)(=O)NC(=O)CCc3ccccc3N=Nc3ccc(O)c(C(=O)OC(C)(C)C)c3)cc2)cc1. The molecular formula is C70H60F6N10O12S2. The van der Waals surface area contributed by atoms with Crippen LogP contribution in [0.25, 0.3) is 33.9 Å². The number of aryl methyl sites for hydroxylation is 4. The summed E-state index contributed by atoms with van der Waals surface area (Å²) in [6.07, 6.45) is -9.73. The monoisotopic (exact) mass is 1410 g/mol. The Morgan fingerprint density at radius 2 is 0.860 bits per heavy atom. The number of phenolic OH excluding ortho intramolecular Hbond substituents is 1. The zero-order chi connectivity index (χ0) is 72.5. The van der Waals surface area contributed by atoms with Crippen LogP contribution in [0.1, 0.15) is 88.0 Å². The van der Waals surface area contributed by atoms with Crippen LogP contribution in [-0.4, -0.2) is 81.1 Å². The maximum absolute atomic E-state index is 13.6. The van der Waals surface area contributed by atoms with Gasteiger partial charge in [0.05, 0.1) is 55.3 Å². The number of sulfonamides is 2. The summed E-state index contributed by atoms with van der Waals surface area (Å²) in [7, 11) is -8.68. The first kappa shape index (κ1) is 72.6. The topological polar surface area (TPSA) is 316 Å². The normalized spacial score (nSPS) is 12.1. The van der Waals surface area contributed by atoms with E-state index in [2.05, 4.69) is 30.7 Å². The number of ether oxygens (including phenoxy) is 1. The Morgan fingerprint density at radius 1 is 0.490 bits per heavy atom. The summed E-state index contributed by atoms with van der Waals surface area (Å²) in [4.78, 5) is 48.7. The number of benzene rings is 8. The summed E-state index contributed by atoms with van der Waals surface area (Å²) in [5.74, 6) is -4.41. The van der Waals surface area contributed by atoms with Crippen LogP contribution < -0.4 is 9.44 Å². The van der Waals surface area contributed by atoms with Crippen molar-refractivity contribution in [3.8, 4) is 45.4 Å². The Balaban J connectivity index is 0.000000234. The number of halogens is 6. The minimum absolute atomic E-state index is 0.0774. The summed E-state index contributed by atoms with van der Waals surface area (Å²) in [6.45, 7) is 8.77. The Bertz CT molecular complexity index is 5000. The molecule has 0 aliphatic carbocycles. The Morgan fingerprint density at radius 3 is 1.23 bits per heavy atom. The first-order valence-corrected chi connectivity index (χ1v) is 33.0. The Kier molecular flexibility index (Phi) is 21.8. The van der Waals surface area contributed by atoms with Gasteiger partial charge in [-0.05, 0) is 168 Å². The molecule has 8 aromatic carbocycles. The van der Waals surface area contributed by atoms with Crippen LogP contribution in [0.15, 0.2) is 224 Å². The van der Waals surface area contributed by atoms with E-state index in [4.69, 9.17) is 4.74 Å². The van der Waals surface area contributed by atoms with Gasteiger partial charge in [0.2, 0.25) is 11.8 Å². The summed E-state index contributed by atoms with van der Waals surface area (Å²) in [5.41, 5.74) is 2.29. The molecular weight excluding hydrogens is 1350 g/mol. The molecule has 0 bridgehead atoms. The van der Waals surface area contributed by atoms with E-state index in [1.54, 1.807) is 118 Å². The number of carboxylic acid groups (broad SMARTS) is 1. The summed E-state index contributed by atoms with van der Waals surface area (Å²) >= 11 is 0. The van der Waals surface area contributed by atoms with Crippen molar-refractivity contribution in [2.75, 3.05) is 0 Å². The Labute approximate surface area is 568 Å². The number of phenols is 2. The van der Waals surface area contributed by atoms with E-state index in [-0.39, 0.29) is 86.5 Å². The van der Waals surface area contributed by atoms with Crippen molar-refractivity contribution in [1.82, 2.24) is 29.0 Å². The second-order valence-electron chi connectivity index (χ2n) is 23.3. The number of carbonyl (C=O) groups excluding carboxylic acids is 3. The number of carbonyl (C=O) groups is 4. The van der Waals surface area contributed by atoms with Crippen LogP contribution in [0.4, 0.5) is 49.1 Å². The van der Waals surface area contributed by atoms with E-state index in [9.17, 15) is 77.7 Å². The number of alkyl halides is 6. The molecule has 2 aromatic heterocycles. The van der Waals surface area contributed by atoms with Crippen molar-refractivity contribution in [3.05, 3.63) is 239 Å². The number of aromatic hydroxyl groups is 2. The number of rotatable bonds is 20.